The molecule has 0 bridgehead atoms. The molecule has 0 radical (unpaired) electrons. The topological polar surface area (TPSA) is 90.2 Å². The summed E-state index contributed by atoms with van der Waals surface area (Å²) in [5, 5.41) is 41.6. The fourth-order valence-corrected chi connectivity index (χ4v) is 3.54. The molecule has 2 aliphatic rings. The second kappa shape index (κ2) is 8.62. The van der Waals surface area contributed by atoms with Gasteiger partial charge in [-0.25, -0.2) is 0 Å². The van der Waals surface area contributed by atoms with Crippen LogP contribution in [0, 0.1) is 23.7 Å². The Morgan fingerprint density at radius 3 is 2.40 bits per heavy atom. The van der Waals surface area contributed by atoms with E-state index >= 15 is 0 Å². The van der Waals surface area contributed by atoms with Crippen molar-refractivity contribution in [3.05, 3.63) is 71.3 Å². The van der Waals surface area contributed by atoms with Gasteiger partial charge in [0.05, 0.1) is 6.61 Å². The molecule has 2 aromatic carbocycles. The first-order valence-corrected chi connectivity index (χ1v) is 10.1. The van der Waals surface area contributed by atoms with Crippen LogP contribution in [-0.4, -0.2) is 57.0 Å². The van der Waals surface area contributed by atoms with Crippen molar-refractivity contribution >= 4 is 0 Å². The summed E-state index contributed by atoms with van der Waals surface area (Å²) < 4.78 is 5.63. The van der Waals surface area contributed by atoms with Crippen molar-refractivity contribution in [2.24, 2.45) is 0 Å². The van der Waals surface area contributed by atoms with E-state index in [2.05, 4.69) is 29.7 Å². The summed E-state index contributed by atoms with van der Waals surface area (Å²) in [5.74, 6) is 11.9. The molecule has 1 aliphatic carbocycles. The van der Waals surface area contributed by atoms with Crippen LogP contribution >= 0.6 is 0 Å². The van der Waals surface area contributed by atoms with Crippen LogP contribution in [0.2, 0.25) is 0 Å². The van der Waals surface area contributed by atoms with E-state index in [9.17, 15) is 20.4 Å². The summed E-state index contributed by atoms with van der Waals surface area (Å²) in [6.07, 6.45) is -3.11. The summed E-state index contributed by atoms with van der Waals surface area (Å²) >= 11 is 0. The zero-order chi connectivity index (χ0) is 21.1. The van der Waals surface area contributed by atoms with Crippen LogP contribution in [0.5, 0.6) is 0 Å². The Morgan fingerprint density at radius 1 is 0.967 bits per heavy atom. The van der Waals surface area contributed by atoms with Crippen molar-refractivity contribution in [1.29, 1.82) is 0 Å². The third kappa shape index (κ3) is 4.27. The number of aliphatic hydroxyl groups excluding tert-OH is 3. The lowest BCUT2D eigenvalue weighted by molar-refractivity contribution is -0.239. The van der Waals surface area contributed by atoms with E-state index in [-0.39, 0.29) is 0 Å². The Labute approximate surface area is 176 Å². The molecule has 0 aromatic heterocycles. The average molecular weight is 404 g/mol. The van der Waals surface area contributed by atoms with Gasteiger partial charge in [0, 0.05) is 11.1 Å². The van der Waals surface area contributed by atoms with Crippen molar-refractivity contribution < 1.29 is 25.2 Å². The molecule has 5 heteroatoms. The summed E-state index contributed by atoms with van der Waals surface area (Å²) in [4.78, 5) is 0. The number of hydrogen-bond acceptors (Lipinski definition) is 5. The fraction of sp³-hybridized carbons (Fsp3) is 0.360. The van der Waals surface area contributed by atoms with Crippen molar-refractivity contribution in [2.45, 2.75) is 48.8 Å². The van der Waals surface area contributed by atoms with E-state index in [4.69, 9.17) is 4.74 Å². The second-order valence-electron chi connectivity index (χ2n) is 7.78. The third-order valence-corrected chi connectivity index (χ3v) is 5.51. The van der Waals surface area contributed by atoms with Gasteiger partial charge in [0.25, 0.3) is 0 Å². The molecule has 1 aliphatic heterocycles. The third-order valence-electron chi connectivity index (χ3n) is 5.51. The van der Waals surface area contributed by atoms with E-state index in [1.54, 1.807) is 12.1 Å². The summed E-state index contributed by atoms with van der Waals surface area (Å²) in [7, 11) is 0. The molecule has 1 heterocycles. The molecule has 0 amide bonds. The van der Waals surface area contributed by atoms with Gasteiger partial charge in [-0.15, -0.1) is 0 Å². The van der Waals surface area contributed by atoms with Gasteiger partial charge < -0.3 is 25.2 Å². The maximum atomic E-state index is 11.2. The Balaban J connectivity index is 1.68. The van der Waals surface area contributed by atoms with E-state index < -0.39 is 36.6 Å². The number of benzene rings is 2. The molecule has 5 atom stereocenters. The minimum atomic E-state index is -2.12. The monoisotopic (exact) mass is 404 g/mol. The van der Waals surface area contributed by atoms with Crippen LogP contribution < -0.4 is 0 Å². The van der Waals surface area contributed by atoms with Gasteiger partial charge in [-0.1, -0.05) is 54.0 Å². The van der Waals surface area contributed by atoms with Gasteiger partial charge in [-0.3, -0.25) is 0 Å². The Hall–Kier alpha value is -2.64. The molecule has 0 spiro atoms. The Morgan fingerprint density at radius 2 is 1.70 bits per heavy atom. The standard InChI is InChI=1S/C25H24O5/c26-16-21-23(27)24(28)25(29,22(30-21)12-9-17-5-2-1-3-6-17)14-13-18-7-4-8-20(15-18)19-10-11-19/h1-8,15,19,21-24,26-29H,10-11,16H2/t21-,22-,23-,24+,25-/m1/s1. The molecule has 5 nitrogen and oxygen atoms in total. The van der Waals surface area contributed by atoms with E-state index in [0.29, 0.717) is 17.0 Å². The van der Waals surface area contributed by atoms with Crippen molar-refractivity contribution in [3.63, 3.8) is 0 Å². The highest BCUT2D eigenvalue weighted by Crippen LogP contribution is 2.40. The molecular weight excluding hydrogens is 380 g/mol. The highest BCUT2D eigenvalue weighted by Gasteiger charge is 2.53. The number of ether oxygens (including phenoxy) is 1. The average Bonchev–Trinajstić information content (AvgIpc) is 3.62. The van der Waals surface area contributed by atoms with Crippen LogP contribution in [0.1, 0.15) is 35.4 Å². The molecule has 0 unspecified atom stereocenters. The molecule has 30 heavy (non-hydrogen) atoms. The van der Waals surface area contributed by atoms with Gasteiger partial charge in [0.1, 0.15) is 18.3 Å². The van der Waals surface area contributed by atoms with E-state index in [0.717, 1.165) is 0 Å². The zero-order valence-corrected chi connectivity index (χ0v) is 16.4. The molecule has 4 N–H and O–H groups in total. The van der Waals surface area contributed by atoms with E-state index in [1.807, 2.05) is 36.4 Å². The zero-order valence-electron chi connectivity index (χ0n) is 16.4. The SMILES string of the molecule is OC[C@H]1O[C@H](C#Cc2ccccc2)[C@](O)(C#Cc2cccc(C3CC3)c2)[C@@H](O)[C@@H]1O. The lowest BCUT2D eigenvalue weighted by Crippen LogP contribution is -2.65. The predicted octanol–water partition coefficient (Wildman–Crippen LogP) is 1.18. The van der Waals surface area contributed by atoms with E-state index in [1.165, 1.54) is 18.4 Å². The lowest BCUT2D eigenvalue weighted by atomic mass is 9.82. The second-order valence-corrected chi connectivity index (χ2v) is 7.78. The largest absolute Gasteiger partial charge is 0.394 e. The molecule has 2 fully saturated rings. The first-order valence-electron chi connectivity index (χ1n) is 10.1. The lowest BCUT2D eigenvalue weighted by Gasteiger charge is -2.43. The molecule has 1 saturated carbocycles. The maximum Gasteiger partial charge on any atom is 0.191 e. The molecule has 2 aromatic rings. The summed E-state index contributed by atoms with van der Waals surface area (Å²) in [5.41, 5.74) is 0.487. The number of rotatable bonds is 2. The van der Waals surface area contributed by atoms with Gasteiger partial charge >= 0.3 is 0 Å². The van der Waals surface area contributed by atoms with Crippen LogP contribution in [0.25, 0.3) is 0 Å². The van der Waals surface area contributed by atoms with Crippen LogP contribution in [-0.2, 0) is 4.74 Å². The van der Waals surface area contributed by atoms with Crippen LogP contribution in [0.3, 0.4) is 0 Å². The summed E-state index contributed by atoms with van der Waals surface area (Å²) in [6.45, 7) is -0.519. The summed E-state index contributed by atoms with van der Waals surface area (Å²) in [6, 6.07) is 16.9. The minimum absolute atomic E-state index is 0.519. The fourth-order valence-electron chi connectivity index (χ4n) is 3.54. The molecule has 4 rings (SSSR count). The normalized spacial score (nSPS) is 30.5. The van der Waals surface area contributed by atoms with Gasteiger partial charge in [0.2, 0.25) is 0 Å². The van der Waals surface area contributed by atoms with Crippen LogP contribution in [0.4, 0.5) is 0 Å². The number of aliphatic hydroxyl groups is 4. The molecular formula is C25H24O5. The minimum Gasteiger partial charge on any atom is -0.394 e. The molecule has 154 valence electrons. The quantitative estimate of drug-likeness (QED) is 0.565. The van der Waals surface area contributed by atoms with Gasteiger partial charge in [0.15, 0.2) is 11.7 Å². The number of hydrogen-bond donors (Lipinski definition) is 4. The predicted molar refractivity (Wildman–Crippen MR) is 111 cm³/mol. The smallest absolute Gasteiger partial charge is 0.191 e. The Kier molecular flexibility index (Phi) is 5.92. The Bertz CT molecular complexity index is 1010. The van der Waals surface area contributed by atoms with Gasteiger partial charge in [-0.2, -0.15) is 0 Å². The van der Waals surface area contributed by atoms with Crippen molar-refractivity contribution in [2.75, 3.05) is 6.61 Å². The first-order chi connectivity index (χ1) is 14.5. The highest BCUT2D eigenvalue weighted by molar-refractivity contribution is 5.44. The van der Waals surface area contributed by atoms with Crippen molar-refractivity contribution in [3.8, 4) is 23.7 Å². The van der Waals surface area contributed by atoms with Crippen molar-refractivity contribution in [1.82, 2.24) is 0 Å². The molecule has 1 saturated heterocycles. The van der Waals surface area contributed by atoms with Gasteiger partial charge in [-0.05, 0) is 48.6 Å². The highest BCUT2D eigenvalue weighted by atomic mass is 16.5. The first kappa shape index (κ1) is 20.6. The maximum absolute atomic E-state index is 11.2. The van der Waals surface area contributed by atoms with Crippen LogP contribution in [0.15, 0.2) is 54.6 Å².